The van der Waals surface area contributed by atoms with E-state index in [1.54, 1.807) is 30.3 Å². The van der Waals surface area contributed by atoms with Crippen molar-refractivity contribution < 1.29 is 13.2 Å². The number of amides is 1. The van der Waals surface area contributed by atoms with E-state index in [9.17, 15) is 13.2 Å². The molecule has 0 aliphatic heterocycles. The zero-order valence-corrected chi connectivity index (χ0v) is 19.7. The third-order valence-electron chi connectivity index (χ3n) is 4.98. The molecule has 0 saturated carbocycles. The summed E-state index contributed by atoms with van der Waals surface area (Å²) in [7, 11) is -3.98. The number of halogens is 1. The van der Waals surface area contributed by atoms with Gasteiger partial charge in [-0.15, -0.1) is 0 Å². The van der Waals surface area contributed by atoms with Gasteiger partial charge in [-0.25, -0.2) is 8.42 Å². The molecule has 3 aromatic rings. The molecule has 0 fully saturated rings. The van der Waals surface area contributed by atoms with Crippen LogP contribution in [0.15, 0.2) is 89.8 Å². The molecule has 0 unspecified atom stereocenters. The van der Waals surface area contributed by atoms with Crippen molar-refractivity contribution in [1.82, 2.24) is 5.32 Å². The van der Waals surface area contributed by atoms with Crippen molar-refractivity contribution in [3.05, 3.63) is 95.5 Å². The Morgan fingerprint density at radius 2 is 1.47 bits per heavy atom. The minimum atomic E-state index is -3.98. The van der Waals surface area contributed by atoms with Gasteiger partial charge in [-0.2, -0.15) is 0 Å². The van der Waals surface area contributed by atoms with Crippen LogP contribution in [0.4, 0.5) is 5.69 Å². The Labute approximate surface area is 195 Å². The average Bonchev–Trinajstić information content (AvgIpc) is 2.78. The quantitative estimate of drug-likeness (QED) is 0.453. The number of rotatable bonds is 9. The predicted octanol–water partition coefficient (Wildman–Crippen LogP) is 5.44. The monoisotopic (exact) mass is 470 g/mol. The first-order valence-corrected chi connectivity index (χ1v) is 12.3. The topological polar surface area (TPSA) is 66.5 Å². The number of nitrogens with zero attached hydrogens (tertiary/aromatic N) is 1. The lowest BCUT2D eigenvalue weighted by molar-refractivity contribution is -0.120. The predicted molar refractivity (Wildman–Crippen MR) is 129 cm³/mol. The molecule has 3 aromatic carbocycles. The lowest BCUT2D eigenvalue weighted by atomic mass is 9.97. The number of hydrogen-bond donors (Lipinski definition) is 1. The van der Waals surface area contributed by atoms with Crippen molar-refractivity contribution in [2.45, 2.75) is 31.2 Å². The molecule has 168 valence electrons. The molecule has 0 aliphatic rings. The van der Waals surface area contributed by atoms with E-state index in [2.05, 4.69) is 19.2 Å². The normalized spacial score (nSPS) is 12.4. The molecular weight excluding hydrogens is 444 g/mol. The van der Waals surface area contributed by atoms with Gasteiger partial charge in [0.1, 0.15) is 6.54 Å². The van der Waals surface area contributed by atoms with Gasteiger partial charge in [-0.05, 0) is 54.3 Å². The van der Waals surface area contributed by atoms with Crippen LogP contribution in [0.3, 0.4) is 0 Å². The van der Waals surface area contributed by atoms with Crippen LogP contribution >= 0.6 is 11.6 Å². The van der Waals surface area contributed by atoms with E-state index < -0.39 is 10.0 Å². The third kappa shape index (κ3) is 6.11. The van der Waals surface area contributed by atoms with Crippen LogP contribution in [-0.2, 0) is 14.8 Å². The number of sulfonamides is 1. The Morgan fingerprint density at radius 1 is 0.906 bits per heavy atom. The van der Waals surface area contributed by atoms with E-state index in [-0.39, 0.29) is 23.4 Å². The molecule has 1 N–H and O–H groups in total. The summed E-state index contributed by atoms with van der Waals surface area (Å²) in [5, 5.41) is 3.47. The van der Waals surface area contributed by atoms with Crippen molar-refractivity contribution in [2.75, 3.05) is 10.8 Å². The summed E-state index contributed by atoms with van der Waals surface area (Å²) in [6.45, 7) is 3.84. The first-order chi connectivity index (χ1) is 15.3. The van der Waals surface area contributed by atoms with E-state index in [4.69, 9.17) is 11.6 Å². The highest BCUT2D eigenvalue weighted by Gasteiger charge is 2.28. The molecule has 5 nitrogen and oxygen atoms in total. The molecule has 0 heterocycles. The van der Waals surface area contributed by atoms with Crippen LogP contribution in [0.1, 0.15) is 31.9 Å². The second-order valence-corrected chi connectivity index (χ2v) is 10.3. The van der Waals surface area contributed by atoms with Gasteiger partial charge in [0.05, 0.1) is 16.6 Å². The zero-order valence-electron chi connectivity index (χ0n) is 18.1. The Hall–Kier alpha value is -2.83. The fraction of sp³-hybridized carbons (Fsp3) is 0.240. The number of para-hydroxylation sites is 1. The molecule has 0 spiro atoms. The van der Waals surface area contributed by atoms with Crippen molar-refractivity contribution >= 4 is 33.2 Å². The average molecular weight is 471 g/mol. The number of benzene rings is 3. The second-order valence-electron chi connectivity index (χ2n) is 7.96. The fourth-order valence-electron chi connectivity index (χ4n) is 3.45. The first-order valence-electron chi connectivity index (χ1n) is 10.4. The number of carbonyl (C=O) groups is 1. The highest BCUT2D eigenvalue weighted by molar-refractivity contribution is 7.92. The van der Waals surface area contributed by atoms with E-state index in [0.717, 1.165) is 16.3 Å². The number of anilines is 1. The van der Waals surface area contributed by atoms with Gasteiger partial charge < -0.3 is 5.32 Å². The van der Waals surface area contributed by atoms with Gasteiger partial charge in [0.2, 0.25) is 5.91 Å². The largest absolute Gasteiger partial charge is 0.348 e. The molecule has 0 aromatic heterocycles. The van der Waals surface area contributed by atoms with Crippen LogP contribution < -0.4 is 9.62 Å². The van der Waals surface area contributed by atoms with Crippen molar-refractivity contribution in [1.29, 1.82) is 0 Å². The van der Waals surface area contributed by atoms with Gasteiger partial charge >= 0.3 is 0 Å². The van der Waals surface area contributed by atoms with Crippen molar-refractivity contribution in [2.24, 2.45) is 5.92 Å². The van der Waals surface area contributed by atoms with Gasteiger partial charge in [0.15, 0.2) is 0 Å². The molecule has 0 saturated heterocycles. The van der Waals surface area contributed by atoms with Gasteiger partial charge in [0.25, 0.3) is 10.0 Å². The van der Waals surface area contributed by atoms with Crippen molar-refractivity contribution in [3.63, 3.8) is 0 Å². The van der Waals surface area contributed by atoms with Crippen LogP contribution in [-0.4, -0.2) is 20.9 Å². The maximum absolute atomic E-state index is 13.4. The second kappa shape index (κ2) is 10.7. The number of nitrogens with one attached hydrogen (secondary N) is 1. The van der Waals surface area contributed by atoms with Crippen LogP contribution in [0, 0.1) is 5.92 Å². The Morgan fingerprint density at radius 3 is 2.03 bits per heavy atom. The highest BCUT2D eigenvalue weighted by atomic mass is 35.5. The third-order valence-corrected chi connectivity index (χ3v) is 7.02. The zero-order chi connectivity index (χ0) is 23.1. The molecule has 0 radical (unpaired) electrons. The fourth-order valence-corrected chi connectivity index (χ4v) is 5.00. The van der Waals surface area contributed by atoms with Crippen LogP contribution in [0.2, 0.25) is 5.02 Å². The van der Waals surface area contributed by atoms with Crippen molar-refractivity contribution in [3.8, 4) is 0 Å². The summed E-state index contributed by atoms with van der Waals surface area (Å²) in [6, 6.07) is 24.0. The molecule has 1 amide bonds. The standard InChI is InChI=1S/C25H27ClN2O3S/c1-19(2)17-24(20-9-5-3-6-10-20)27-25(29)18-28(22-11-7-4-8-12-22)32(30,31)23-15-13-21(26)14-16-23/h3-16,19,24H,17-18H2,1-2H3,(H,27,29)/t24-/m0/s1. The first kappa shape index (κ1) is 23.8. The summed E-state index contributed by atoms with van der Waals surface area (Å²) in [6.07, 6.45) is 0.741. The molecule has 7 heteroatoms. The Balaban J connectivity index is 1.89. The Kier molecular flexibility index (Phi) is 7.94. The lowest BCUT2D eigenvalue weighted by Crippen LogP contribution is -2.42. The summed E-state index contributed by atoms with van der Waals surface area (Å²) < 4.78 is 28.0. The molecule has 0 bridgehead atoms. The van der Waals surface area contributed by atoms with E-state index >= 15 is 0 Å². The number of carbonyl (C=O) groups excluding carboxylic acids is 1. The minimum Gasteiger partial charge on any atom is -0.348 e. The van der Waals surface area contributed by atoms with Crippen LogP contribution in [0.25, 0.3) is 0 Å². The van der Waals surface area contributed by atoms with Gasteiger partial charge in [-0.3, -0.25) is 9.10 Å². The molecule has 0 aliphatic carbocycles. The molecule has 3 rings (SSSR count). The summed E-state index contributed by atoms with van der Waals surface area (Å²) in [4.78, 5) is 13.2. The van der Waals surface area contributed by atoms with Crippen LogP contribution in [0.5, 0.6) is 0 Å². The van der Waals surface area contributed by atoms with Gasteiger partial charge in [-0.1, -0.05) is 74.0 Å². The minimum absolute atomic E-state index is 0.0698. The van der Waals surface area contributed by atoms with E-state index in [1.807, 2.05) is 30.3 Å². The highest BCUT2D eigenvalue weighted by Crippen LogP contribution is 2.25. The maximum Gasteiger partial charge on any atom is 0.264 e. The summed E-state index contributed by atoms with van der Waals surface area (Å²) in [5.41, 5.74) is 1.40. The molecular formula is C25H27ClN2O3S. The van der Waals surface area contributed by atoms with E-state index in [1.165, 1.54) is 24.3 Å². The smallest absolute Gasteiger partial charge is 0.264 e. The summed E-state index contributed by atoms with van der Waals surface area (Å²) >= 11 is 5.93. The Bertz CT molecular complexity index is 1120. The SMILES string of the molecule is CC(C)C[C@H](NC(=O)CN(c1ccccc1)S(=O)(=O)c1ccc(Cl)cc1)c1ccccc1. The molecule has 1 atom stereocenters. The van der Waals surface area contributed by atoms with E-state index in [0.29, 0.717) is 16.6 Å². The maximum atomic E-state index is 13.4. The lowest BCUT2D eigenvalue weighted by Gasteiger charge is -2.26. The van der Waals surface area contributed by atoms with Gasteiger partial charge in [0, 0.05) is 5.02 Å². The summed E-state index contributed by atoms with van der Waals surface area (Å²) in [5.74, 6) is -0.0237. The number of hydrogen-bond acceptors (Lipinski definition) is 3. The molecule has 32 heavy (non-hydrogen) atoms.